The molecule has 1 aliphatic heterocycles. The third kappa shape index (κ3) is 1.48. The van der Waals surface area contributed by atoms with Crippen LogP contribution < -0.4 is 5.32 Å². The first-order chi connectivity index (χ1) is 3.93. The fourth-order valence-corrected chi connectivity index (χ4v) is 1.29. The summed E-state index contributed by atoms with van der Waals surface area (Å²) in [5.41, 5.74) is 0. The van der Waals surface area contributed by atoms with Crippen molar-refractivity contribution in [1.29, 1.82) is 0 Å². The molecule has 1 saturated heterocycles. The summed E-state index contributed by atoms with van der Waals surface area (Å²) in [6.07, 6.45) is 4.18. The van der Waals surface area contributed by atoms with Gasteiger partial charge in [0, 0.05) is 1.43 Å². The van der Waals surface area contributed by atoms with Crippen LogP contribution in [0.25, 0.3) is 0 Å². The van der Waals surface area contributed by atoms with Crippen LogP contribution in [-0.4, -0.2) is 13.1 Å². The third-order valence-corrected chi connectivity index (χ3v) is 2.04. The van der Waals surface area contributed by atoms with Crippen LogP contribution in [0.5, 0.6) is 0 Å². The molecular formula is C7H17N. The molecule has 0 radical (unpaired) electrons. The molecule has 0 aliphatic carbocycles. The molecule has 0 aromatic carbocycles. The zero-order valence-corrected chi connectivity index (χ0v) is 5.61. The summed E-state index contributed by atoms with van der Waals surface area (Å²) in [5.74, 6) is 1.02. The maximum absolute atomic E-state index is 3.35. The predicted octanol–water partition coefficient (Wildman–Crippen LogP) is 1.64. The van der Waals surface area contributed by atoms with Gasteiger partial charge < -0.3 is 5.32 Å². The van der Waals surface area contributed by atoms with Gasteiger partial charge in [0.2, 0.25) is 0 Å². The van der Waals surface area contributed by atoms with Crippen molar-refractivity contribution >= 4 is 0 Å². The highest BCUT2D eigenvalue weighted by Gasteiger charge is 2.08. The Hall–Kier alpha value is -0.0400. The van der Waals surface area contributed by atoms with E-state index in [4.69, 9.17) is 0 Å². The summed E-state index contributed by atoms with van der Waals surface area (Å²) in [6, 6.07) is 0. The standard InChI is InChI=1S/C7H15N.H2/c1-2-7-3-5-8-6-4-7;/h7-8H,2-6H2,1H3;1H. The second-order valence-corrected chi connectivity index (χ2v) is 2.60. The highest BCUT2D eigenvalue weighted by atomic mass is 14.9. The molecule has 8 heavy (non-hydrogen) atoms. The second kappa shape index (κ2) is 3.08. The first kappa shape index (κ1) is 6.09. The van der Waals surface area contributed by atoms with Crippen LogP contribution in [0.1, 0.15) is 27.6 Å². The van der Waals surface area contributed by atoms with Crippen LogP contribution in [0.2, 0.25) is 0 Å². The minimum atomic E-state index is 0. The number of rotatable bonds is 1. The van der Waals surface area contributed by atoms with Gasteiger partial charge in [-0.2, -0.15) is 0 Å². The molecule has 0 amide bonds. The van der Waals surface area contributed by atoms with Gasteiger partial charge in [0.05, 0.1) is 0 Å². The quantitative estimate of drug-likeness (QED) is 0.548. The maximum Gasteiger partial charge on any atom is 0 e. The number of nitrogens with one attached hydrogen (secondary N) is 1. The molecular weight excluding hydrogens is 98.1 g/mol. The van der Waals surface area contributed by atoms with Gasteiger partial charge in [0.15, 0.2) is 0 Å². The van der Waals surface area contributed by atoms with Gasteiger partial charge in [0.25, 0.3) is 0 Å². The lowest BCUT2D eigenvalue weighted by atomic mass is 9.96. The Balaban J connectivity index is 0.000000640. The van der Waals surface area contributed by atoms with Gasteiger partial charge >= 0.3 is 0 Å². The molecule has 0 aromatic heterocycles. The van der Waals surface area contributed by atoms with E-state index in [9.17, 15) is 0 Å². The molecule has 0 saturated carbocycles. The molecule has 0 unspecified atom stereocenters. The molecule has 1 N–H and O–H groups in total. The first-order valence-corrected chi connectivity index (χ1v) is 3.64. The lowest BCUT2D eigenvalue weighted by Gasteiger charge is -2.20. The SMILES string of the molecule is CCC1CCNCC1.[HH]. The third-order valence-electron chi connectivity index (χ3n) is 2.04. The molecule has 1 rings (SSSR count). The van der Waals surface area contributed by atoms with Crippen molar-refractivity contribution in [3.8, 4) is 0 Å². The summed E-state index contributed by atoms with van der Waals surface area (Å²) in [4.78, 5) is 0. The van der Waals surface area contributed by atoms with E-state index in [2.05, 4.69) is 12.2 Å². The van der Waals surface area contributed by atoms with E-state index in [0.29, 0.717) is 0 Å². The summed E-state index contributed by atoms with van der Waals surface area (Å²) in [5, 5.41) is 3.35. The van der Waals surface area contributed by atoms with E-state index in [0.717, 1.165) is 5.92 Å². The van der Waals surface area contributed by atoms with Crippen molar-refractivity contribution in [2.24, 2.45) is 5.92 Å². The molecule has 1 heterocycles. The summed E-state index contributed by atoms with van der Waals surface area (Å²) in [7, 11) is 0. The Morgan fingerprint density at radius 1 is 1.50 bits per heavy atom. The van der Waals surface area contributed by atoms with Gasteiger partial charge in [-0.1, -0.05) is 13.3 Å². The molecule has 1 aliphatic rings. The zero-order valence-electron chi connectivity index (χ0n) is 5.61. The molecule has 1 fully saturated rings. The Labute approximate surface area is 53.0 Å². The van der Waals surface area contributed by atoms with Gasteiger partial charge in [-0.05, 0) is 31.8 Å². The van der Waals surface area contributed by atoms with E-state index < -0.39 is 0 Å². The number of piperidine rings is 1. The smallest absolute Gasteiger partial charge is 0 e. The largest absolute Gasteiger partial charge is 0.317 e. The van der Waals surface area contributed by atoms with Crippen molar-refractivity contribution < 1.29 is 1.43 Å². The summed E-state index contributed by atoms with van der Waals surface area (Å²) in [6.45, 7) is 4.78. The van der Waals surface area contributed by atoms with Gasteiger partial charge in [-0.25, -0.2) is 0 Å². The maximum atomic E-state index is 3.35. The van der Waals surface area contributed by atoms with Crippen LogP contribution in [0, 0.1) is 5.92 Å². The topological polar surface area (TPSA) is 12.0 Å². The first-order valence-electron chi connectivity index (χ1n) is 3.64. The fraction of sp³-hybridized carbons (Fsp3) is 1.00. The van der Waals surface area contributed by atoms with Crippen LogP contribution >= 0.6 is 0 Å². The van der Waals surface area contributed by atoms with E-state index in [1.807, 2.05) is 0 Å². The predicted molar refractivity (Wildman–Crippen MR) is 38.0 cm³/mol. The monoisotopic (exact) mass is 115 g/mol. The number of hydrogen-bond donors (Lipinski definition) is 1. The van der Waals surface area contributed by atoms with Gasteiger partial charge in [0.1, 0.15) is 0 Å². The molecule has 0 aromatic rings. The highest BCUT2D eigenvalue weighted by Crippen LogP contribution is 2.13. The van der Waals surface area contributed by atoms with Gasteiger partial charge in [-0.3, -0.25) is 0 Å². The van der Waals surface area contributed by atoms with Crippen LogP contribution in [0.15, 0.2) is 0 Å². The average molecular weight is 115 g/mol. The normalized spacial score (nSPS) is 23.6. The molecule has 0 spiro atoms. The van der Waals surface area contributed by atoms with Crippen molar-refractivity contribution in [3.05, 3.63) is 0 Å². The Morgan fingerprint density at radius 2 is 2.12 bits per heavy atom. The Bertz CT molecular complexity index is 59.9. The van der Waals surface area contributed by atoms with E-state index in [-0.39, 0.29) is 1.43 Å². The number of hydrogen-bond acceptors (Lipinski definition) is 1. The average Bonchev–Trinajstić information content (AvgIpc) is 1.90. The van der Waals surface area contributed by atoms with Crippen LogP contribution in [0.3, 0.4) is 0 Å². The molecule has 1 heteroatoms. The van der Waals surface area contributed by atoms with Crippen LogP contribution in [-0.2, 0) is 0 Å². The van der Waals surface area contributed by atoms with E-state index >= 15 is 0 Å². The summed E-state index contributed by atoms with van der Waals surface area (Å²) >= 11 is 0. The van der Waals surface area contributed by atoms with Crippen LogP contribution in [0.4, 0.5) is 0 Å². The summed E-state index contributed by atoms with van der Waals surface area (Å²) < 4.78 is 0. The minimum absolute atomic E-state index is 0. The fourth-order valence-electron chi connectivity index (χ4n) is 1.29. The van der Waals surface area contributed by atoms with Crippen molar-refractivity contribution in [2.45, 2.75) is 26.2 Å². The molecule has 0 bridgehead atoms. The second-order valence-electron chi connectivity index (χ2n) is 2.60. The molecule has 50 valence electrons. The van der Waals surface area contributed by atoms with E-state index in [1.165, 1.54) is 32.4 Å². The highest BCUT2D eigenvalue weighted by molar-refractivity contribution is 4.66. The van der Waals surface area contributed by atoms with Gasteiger partial charge in [-0.15, -0.1) is 0 Å². The van der Waals surface area contributed by atoms with E-state index in [1.54, 1.807) is 0 Å². The zero-order chi connectivity index (χ0) is 5.82. The lowest BCUT2D eigenvalue weighted by Crippen LogP contribution is -2.27. The lowest BCUT2D eigenvalue weighted by molar-refractivity contribution is 0.365. The van der Waals surface area contributed by atoms with Crippen molar-refractivity contribution in [1.82, 2.24) is 5.32 Å². The Morgan fingerprint density at radius 3 is 2.50 bits per heavy atom. The minimum Gasteiger partial charge on any atom is -0.317 e. The Kier molecular flexibility index (Phi) is 2.34. The van der Waals surface area contributed by atoms with Crippen molar-refractivity contribution in [2.75, 3.05) is 13.1 Å². The molecule has 1 nitrogen and oxygen atoms in total. The van der Waals surface area contributed by atoms with Crippen molar-refractivity contribution in [3.63, 3.8) is 0 Å². The molecule has 0 atom stereocenters.